The van der Waals surface area contributed by atoms with Crippen molar-refractivity contribution < 1.29 is 54.1 Å². The number of rotatable bonds is 16. The van der Waals surface area contributed by atoms with Crippen molar-refractivity contribution in [2.24, 2.45) is 5.11 Å². The molecule has 0 radical (unpaired) electrons. The lowest BCUT2D eigenvalue weighted by atomic mass is 9.88. The van der Waals surface area contributed by atoms with E-state index < -0.39 is 73.7 Å². The molecule has 0 aromatic carbocycles. The molecule has 0 spiro atoms. The van der Waals surface area contributed by atoms with Gasteiger partial charge in [-0.3, -0.25) is 9.59 Å². The lowest BCUT2D eigenvalue weighted by Crippen LogP contribution is -2.68. The number of aliphatic hydroxyl groups is 3. The minimum Gasteiger partial charge on any atom is -0.481 e. The summed E-state index contributed by atoms with van der Waals surface area (Å²) in [7, 11) is 0. The Labute approximate surface area is 200 Å². The van der Waals surface area contributed by atoms with Crippen molar-refractivity contribution in [3.8, 4) is 12.3 Å². The van der Waals surface area contributed by atoms with Gasteiger partial charge in [-0.25, -0.2) is 4.79 Å². The summed E-state index contributed by atoms with van der Waals surface area (Å²) in [4.78, 5) is 37.2. The number of ether oxygens (including phenoxy) is 3. The fourth-order valence-corrected chi connectivity index (χ4v) is 3.48. The summed E-state index contributed by atoms with van der Waals surface area (Å²) in [5.41, 5.74) is 8.47. The van der Waals surface area contributed by atoms with E-state index in [1.807, 2.05) is 0 Å². The van der Waals surface area contributed by atoms with Crippen LogP contribution in [0.4, 0.5) is 0 Å². The molecular weight excluding hydrogens is 472 g/mol. The van der Waals surface area contributed by atoms with E-state index in [1.54, 1.807) is 0 Å². The number of aliphatic carboxylic acids is 2. The summed E-state index contributed by atoms with van der Waals surface area (Å²) in [6, 6.07) is -1.29. The van der Waals surface area contributed by atoms with Crippen LogP contribution in [0.2, 0.25) is 0 Å². The summed E-state index contributed by atoms with van der Waals surface area (Å²) < 4.78 is 16.7. The van der Waals surface area contributed by atoms with E-state index in [-0.39, 0.29) is 19.6 Å². The van der Waals surface area contributed by atoms with E-state index in [0.717, 1.165) is 0 Å². The monoisotopic (exact) mass is 502 g/mol. The molecule has 0 aromatic heterocycles. The highest BCUT2D eigenvalue weighted by molar-refractivity contribution is 5.78. The lowest BCUT2D eigenvalue weighted by Gasteiger charge is -2.47. The minimum atomic E-state index is -2.39. The number of terminal acetylenes is 1. The highest BCUT2D eigenvalue weighted by Gasteiger charge is 2.56. The number of hydrogen-bond acceptors (Lipinski definition) is 10. The average Bonchev–Trinajstić information content (AvgIpc) is 2.83. The second-order valence-corrected chi connectivity index (χ2v) is 7.67. The summed E-state index contributed by atoms with van der Waals surface area (Å²) in [5.74, 6) is -3.66. The largest absolute Gasteiger partial charge is 0.481 e. The molecule has 4 unspecified atom stereocenters. The van der Waals surface area contributed by atoms with Crippen LogP contribution in [0.3, 0.4) is 0 Å². The highest BCUT2D eigenvalue weighted by Crippen LogP contribution is 2.35. The summed E-state index contributed by atoms with van der Waals surface area (Å²) in [5, 5.41) is 54.2. The molecule has 35 heavy (non-hydrogen) atoms. The summed E-state index contributed by atoms with van der Waals surface area (Å²) >= 11 is 0. The van der Waals surface area contributed by atoms with E-state index in [4.69, 9.17) is 36.4 Å². The molecule has 1 rings (SSSR count). The average molecular weight is 502 g/mol. The maximum absolute atomic E-state index is 12.2. The first-order valence-corrected chi connectivity index (χ1v) is 10.7. The molecule has 1 aliphatic heterocycles. The van der Waals surface area contributed by atoms with E-state index in [9.17, 15) is 29.7 Å². The van der Waals surface area contributed by atoms with Crippen LogP contribution < -0.4 is 5.32 Å². The van der Waals surface area contributed by atoms with Crippen LogP contribution in [0.15, 0.2) is 5.11 Å². The van der Waals surface area contributed by atoms with E-state index in [2.05, 4.69) is 21.3 Å². The van der Waals surface area contributed by atoms with Crippen LogP contribution in [0.25, 0.3) is 10.4 Å². The molecular formula is C20H30N4O11. The van der Waals surface area contributed by atoms with Gasteiger partial charge in [0, 0.05) is 17.8 Å². The van der Waals surface area contributed by atoms with Crippen LogP contribution in [-0.4, -0.2) is 106 Å². The number of carbonyl (C=O) groups excluding carboxylic acids is 1. The van der Waals surface area contributed by atoms with Crippen LogP contribution in [0.5, 0.6) is 0 Å². The van der Waals surface area contributed by atoms with Gasteiger partial charge >= 0.3 is 11.9 Å². The Bertz CT molecular complexity index is 813. The number of amides is 1. The second kappa shape index (κ2) is 15.1. The molecule has 196 valence electrons. The van der Waals surface area contributed by atoms with Gasteiger partial charge in [0.1, 0.15) is 25.4 Å². The Kier molecular flexibility index (Phi) is 13.0. The third kappa shape index (κ3) is 9.30. The van der Waals surface area contributed by atoms with Crippen molar-refractivity contribution in [1.82, 2.24) is 5.32 Å². The standard InChI is InChI=1S/C20H30N4O11/c1-2-7-33-13-9-20(19(31)32,34-8-5-3-4-6-15(28)29)35-18(16(13)23-14(27)11-25)17(30)12(26)10-22-24-21/h1,12-13,16-18,25-26,30H,3-11H2,(H,23,27)(H,28,29)(H,31,32)/t12-,13?,16?,17-,18?,20?/m1/s1. The van der Waals surface area contributed by atoms with Crippen LogP contribution in [0.1, 0.15) is 32.1 Å². The number of carbonyl (C=O) groups is 3. The third-order valence-corrected chi connectivity index (χ3v) is 5.16. The SMILES string of the molecule is C#CCOC1CC(OCCCCCC(=O)O)(C(=O)O)OC([C@H](O)[C@H](O)CN=[N+]=[N-])C1NC(=O)CO. The zero-order chi connectivity index (χ0) is 26.4. The topological polar surface area (TPSA) is 241 Å². The van der Waals surface area contributed by atoms with Gasteiger partial charge in [-0.1, -0.05) is 17.5 Å². The van der Waals surface area contributed by atoms with Gasteiger partial charge in [-0.05, 0) is 18.4 Å². The molecule has 6 N–H and O–H groups in total. The van der Waals surface area contributed by atoms with Crippen molar-refractivity contribution in [2.45, 2.75) is 68.3 Å². The number of nitrogens with one attached hydrogen (secondary N) is 1. The first-order valence-electron chi connectivity index (χ1n) is 10.7. The number of unbranched alkanes of at least 4 members (excludes halogenated alkanes) is 2. The predicted octanol–water partition coefficient (Wildman–Crippen LogP) is -1.25. The maximum atomic E-state index is 12.2. The van der Waals surface area contributed by atoms with Crippen molar-refractivity contribution in [3.05, 3.63) is 10.4 Å². The fourth-order valence-electron chi connectivity index (χ4n) is 3.48. The molecule has 1 amide bonds. The Morgan fingerprint density at radius 2 is 2.00 bits per heavy atom. The first kappa shape index (κ1) is 30.1. The van der Waals surface area contributed by atoms with Crippen LogP contribution >= 0.6 is 0 Å². The van der Waals surface area contributed by atoms with Gasteiger partial charge in [0.05, 0.1) is 31.4 Å². The smallest absolute Gasteiger partial charge is 0.364 e. The van der Waals surface area contributed by atoms with Crippen molar-refractivity contribution in [3.63, 3.8) is 0 Å². The molecule has 0 bridgehead atoms. The van der Waals surface area contributed by atoms with E-state index in [1.165, 1.54) is 0 Å². The van der Waals surface area contributed by atoms with Gasteiger partial charge in [0.15, 0.2) is 0 Å². The highest BCUT2D eigenvalue weighted by atomic mass is 16.7. The molecule has 0 aliphatic carbocycles. The normalized spacial score (nSPS) is 25.5. The second-order valence-electron chi connectivity index (χ2n) is 7.67. The molecule has 1 aliphatic rings. The summed E-state index contributed by atoms with van der Waals surface area (Å²) in [6.07, 6.45) is -0.745. The van der Waals surface area contributed by atoms with Gasteiger partial charge in [-0.15, -0.1) is 6.42 Å². The Hall–Kier alpha value is -2.96. The molecule has 0 aromatic rings. The van der Waals surface area contributed by atoms with E-state index >= 15 is 0 Å². The number of hydrogen-bond donors (Lipinski definition) is 6. The quantitative estimate of drug-likeness (QED) is 0.0478. The minimum absolute atomic E-state index is 0.0633. The van der Waals surface area contributed by atoms with Crippen molar-refractivity contribution >= 4 is 17.8 Å². The Morgan fingerprint density at radius 3 is 2.57 bits per heavy atom. The predicted molar refractivity (Wildman–Crippen MR) is 116 cm³/mol. The zero-order valence-electron chi connectivity index (χ0n) is 18.9. The van der Waals surface area contributed by atoms with Crippen molar-refractivity contribution in [1.29, 1.82) is 0 Å². The molecule has 6 atom stereocenters. The molecule has 1 heterocycles. The number of nitrogens with zero attached hydrogens (tertiary/aromatic N) is 3. The van der Waals surface area contributed by atoms with Crippen LogP contribution in [0, 0.1) is 12.3 Å². The Balaban J connectivity index is 3.23. The van der Waals surface area contributed by atoms with Gasteiger partial charge in [0.2, 0.25) is 5.91 Å². The van der Waals surface area contributed by atoms with Gasteiger partial charge in [0.25, 0.3) is 5.79 Å². The number of azide groups is 1. The molecule has 0 saturated carbocycles. The molecule has 1 saturated heterocycles. The zero-order valence-corrected chi connectivity index (χ0v) is 18.9. The van der Waals surface area contributed by atoms with Crippen molar-refractivity contribution in [2.75, 3.05) is 26.4 Å². The van der Waals surface area contributed by atoms with E-state index in [0.29, 0.717) is 19.3 Å². The molecule has 1 fully saturated rings. The lowest BCUT2D eigenvalue weighted by molar-refractivity contribution is -0.313. The summed E-state index contributed by atoms with van der Waals surface area (Å²) in [6.45, 7) is -2.02. The maximum Gasteiger partial charge on any atom is 0.364 e. The fraction of sp³-hybridized carbons (Fsp3) is 0.750. The number of carboxylic acid groups (broad SMARTS) is 2. The molecule has 15 heteroatoms. The Morgan fingerprint density at radius 1 is 1.29 bits per heavy atom. The third-order valence-electron chi connectivity index (χ3n) is 5.16. The van der Waals surface area contributed by atoms with Gasteiger partial charge in [-0.2, -0.15) is 0 Å². The number of aliphatic hydroxyl groups excluding tert-OH is 3. The van der Waals surface area contributed by atoms with Crippen LogP contribution in [-0.2, 0) is 28.6 Å². The first-order chi connectivity index (χ1) is 16.6. The number of carboxylic acids is 2. The molecule has 15 nitrogen and oxygen atoms in total. The van der Waals surface area contributed by atoms with Gasteiger partial charge < -0.3 is 45.1 Å².